The van der Waals surface area contributed by atoms with Crippen LogP contribution in [0, 0.1) is 11.3 Å². The van der Waals surface area contributed by atoms with E-state index in [0.29, 0.717) is 12.2 Å². The van der Waals surface area contributed by atoms with Gasteiger partial charge in [0.25, 0.3) is 8.32 Å². The summed E-state index contributed by atoms with van der Waals surface area (Å²) in [6, 6.07) is 23.1. The molecule has 2 aliphatic rings. The molecular weight excluding hydrogens is 430 g/mol. The lowest BCUT2D eigenvalue weighted by Crippen LogP contribution is -2.67. The van der Waals surface area contributed by atoms with Crippen LogP contribution in [0.2, 0.25) is 5.04 Å². The summed E-state index contributed by atoms with van der Waals surface area (Å²) in [7, 11) is -2.72. The highest BCUT2D eigenvalue weighted by molar-refractivity contribution is 6.99. The lowest BCUT2D eigenvalue weighted by atomic mass is 10.0. The average Bonchev–Trinajstić information content (AvgIpc) is 3.27. The van der Waals surface area contributed by atoms with Crippen LogP contribution in [0.3, 0.4) is 0 Å². The van der Waals surface area contributed by atoms with E-state index >= 15 is 0 Å². The summed E-state index contributed by atoms with van der Waals surface area (Å²) in [5.74, 6) is -0.747. The maximum Gasteiger partial charge on any atom is 0.261 e. The molecule has 2 aromatic carbocycles. The lowest BCUT2D eigenvalue weighted by Gasteiger charge is -2.43. The molecule has 5 nitrogen and oxygen atoms in total. The summed E-state index contributed by atoms with van der Waals surface area (Å²) in [5, 5.41) is 11.7. The molecule has 0 saturated carbocycles. The van der Waals surface area contributed by atoms with Crippen molar-refractivity contribution in [3.8, 4) is 6.07 Å². The normalized spacial score (nSPS) is 26.5. The van der Waals surface area contributed by atoms with Crippen LogP contribution in [0.25, 0.3) is 0 Å². The summed E-state index contributed by atoms with van der Waals surface area (Å²) in [6.07, 6.45) is -1.60. The number of rotatable bonds is 6. The Labute approximate surface area is 198 Å². The van der Waals surface area contributed by atoms with Crippen LogP contribution in [-0.4, -0.2) is 45.1 Å². The average molecular weight is 464 g/mol. The summed E-state index contributed by atoms with van der Waals surface area (Å²) in [6.45, 7) is 14.7. The van der Waals surface area contributed by atoms with E-state index in [1.807, 2.05) is 26.0 Å². The maximum absolute atomic E-state index is 9.44. The van der Waals surface area contributed by atoms with Crippen molar-refractivity contribution >= 4 is 18.7 Å². The fourth-order valence-corrected chi connectivity index (χ4v) is 9.70. The minimum atomic E-state index is -2.72. The van der Waals surface area contributed by atoms with Gasteiger partial charge in [0, 0.05) is 0 Å². The van der Waals surface area contributed by atoms with Gasteiger partial charge in [0.15, 0.2) is 5.79 Å². The van der Waals surface area contributed by atoms with E-state index in [4.69, 9.17) is 18.6 Å². The third-order valence-electron chi connectivity index (χ3n) is 6.52. The molecule has 2 aliphatic heterocycles. The van der Waals surface area contributed by atoms with Gasteiger partial charge in [-0.25, -0.2) is 0 Å². The smallest absolute Gasteiger partial charge is 0.261 e. The monoisotopic (exact) mass is 463 g/mol. The molecule has 4 rings (SSSR count). The summed E-state index contributed by atoms with van der Waals surface area (Å²) in [4.78, 5) is 0. The molecule has 0 radical (unpaired) electrons. The van der Waals surface area contributed by atoms with Gasteiger partial charge in [-0.2, -0.15) is 5.26 Å². The first-order chi connectivity index (χ1) is 15.6. The minimum absolute atomic E-state index is 0.143. The number of ether oxygens (including phenoxy) is 3. The molecule has 0 aromatic heterocycles. The molecule has 6 heteroatoms. The Morgan fingerprint density at radius 2 is 1.52 bits per heavy atom. The van der Waals surface area contributed by atoms with Gasteiger partial charge in [-0.05, 0) is 29.3 Å². The largest absolute Gasteiger partial charge is 0.405 e. The molecule has 2 fully saturated rings. The van der Waals surface area contributed by atoms with Crippen molar-refractivity contribution in [3.63, 3.8) is 0 Å². The number of hydrogen-bond donors (Lipinski definition) is 0. The van der Waals surface area contributed by atoms with Gasteiger partial charge >= 0.3 is 0 Å². The van der Waals surface area contributed by atoms with Gasteiger partial charge in [-0.1, -0.05) is 88.0 Å². The zero-order valence-corrected chi connectivity index (χ0v) is 21.1. The van der Waals surface area contributed by atoms with Crippen molar-refractivity contribution in [2.45, 2.75) is 69.9 Å². The third kappa shape index (κ3) is 4.32. The van der Waals surface area contributed by atoms with Crippen molar-refractivity contribution in [1.29, 1.82) is 5.26 Å². The van der Waals surface area contributed by atoms with Crippen LogP contribution in [-0.2, 0) is 18.6 Å². The fourth-order valence-electron chi connectivity index (χ4n) is 5.13. The molecule has 2 heterocycles. The van der Waals surface area contributed by atoms with E-state index in [0.717, 1.165) is 0 Å². The standard InChI is InChI=1S/C27H33NO4Si/c1-19(17-28)23-25-24(31-27(5,6)32-25)22(30-23)18-29-33(26(2,3)4,20-13-9-7-10-14-20)21-15-11-8-12-16-21/h7-16,22-25H,1,18H2,2-6H3/t22-,23?,24-,25+/m1/s1. The van der Waals surface area contributed by atoms with E-state index in [2.05, 4.69) is 82.0 Å². The van der Waals surface area contributed by atoms with Crippen molar-refractivity contribution in [2.24, 2.45) is 0 Å². The molecular formula is C27H33NO4Si. The van der Waals surface area contributed by atoms with Gasteiger partial charge in [0.2, 0.25) is 0 Å². The maximum atomic E-state index is 9.44. The van der Waals surface area contributed by atoms with Crippen LogP contribution >= 0.6 is 0 Å². The minimum Gasteiger partial charge on any atom is -0.405 e. The summed E-state index contributed by atoms with van der Waals surface area (Å²) >= 11 is 0. The highest BCUT2D eigenvalue weighted by atomic mass is 28.4. The Hall–Kier alpha value is -2.27. The molecule has 4 atom stereocenters. The van der Waals surface area contributed by atoms with Gasteiger partial charge < -0.3 is 18.6 Å². The van der Waals surface area contributed by atoms with Crippen LogP contribution in [0.4, 0.5) is 0 Å². The fraction of sp³-hybridized carbons (Fsp3) is 0.444. The topological polar surface area (TPSA) is 60.7 Å². The molecule has 33 heavy (non-hydrogen) atoms. The Bertz CT molecular complexity index is 986. The molecule has 2 aromatic rings. The molecule has 174 valence electrons. The SMILES string of the molecule is C=C(C#N)C1O[C@H](CO[Si](c2ccccc2)(c2ccccc2)C(C)(C)C)[C@H]2OC(C)(C)O[C@@H]12. The van der Waals surface area contributed by atoms with Crippen molar-refractivity contribution in [3.05, 3.63) is 72.8 Å². The van der Waals surface area contributed by atoms with Crippen molar-refractivity contribution in [1.82, 2.24) is 0 Å². The molecule has 0 amide bonds. The molecule has 2 saturated heterocycles. The number of nitrogens with zero attached hydrogens (tertiary/aromatic N) is 1. The third-order valence-corrected chi connectivity index (χ3v) is 11.5. The Kier molecular flexibility index (Phi) is 6.38. The zero-order valence-electron chi connectivity index (χ0n) is 20.1. The molecule has 0 N–H and O–H groups in total. The molecule has 0 bridgehead atoms. The first-order valence-corrected chi connectivity index (χ1v) is 13.3. The molecule has 0 spiro atoms. The van der Waals surface area contributed by atoms with Gasteiger partial charge in [-0.3, -0.25) is 0 Å². The highest BCUT2D eigenvalue weighted by Gasteiger charge is 2.57. The first kappa shape index (κ1) is 23.9. The Morgan fingerprint density at radius 1 is 1.00 bits per heavy atom. The molecule has 1 unspecified atom stereocenters. The second kappa shape index (κ2) is 8.82. The van der Waals surface area contributed by atoms with Crippen molar-refractivity contribution in [2.75, 3.05) is 6.61 Å². The van der Waals surface area contributed by atoms with Crippen molar-refractivity contribution < 1.29 is 18.6 Å². The number of benzene rings is 2. The first-order valence-electron chi connectivity index (χ1n) is 11.4. The van der Waals surface area contributed by atoms with Gasteiger partial charge in [-0.15, -0.1) is 0 Å². The number of nitriles is 1. The lowest BCUT2D eigenvalue weighted by molar-refractivity contribution is -0.185. The van der Waals surface area contributed by atoms with Crippen LogP contribution in [0.1, 0.15) is 34.6 Å². The highest BCUT2D eigenvalue weighted by Crippen LogP contribution is 2.42. The summed E-state index contributed by atoms with van der Waals surface area (Å²) < 4.78 is 25.6. The Morgan fingerprint density at radius 3 is 2.00 bits per heavy atom. The number of fused-ring (bicyclic) bond motifs is 1. The quantitative estimate of drug-likeness (QED) is 0.480. The summed E-state index contributed by atoms with van der Waals surface area (Å²) in [5.41, 5.74) is 0.347. The predicted octanol–water partition coefficient (Wildman–Crippen LogP) is 3.93. The van der Waals surface area contributed by atoms with E-state index in [1.54, 1.807) is 0 Å². The van der Waals surface area contributed by atoms with E-state index in [-0.39, 0.29) is 23.4 Å². The molecule has 0 aliphatic carbocycles. The zero-order chi connectivity index (χ0) is 23.9. The van der Waals surface area contributed by atoms with E-state index in [1.165, 1.54) is 10.4 Å². The number of hydrogen-bond acceptors (Lipinski definition) is 5. The predicted molar refractivity (Wildman–Crippen MR) is 131 cm³/mol. The van der Waals surface area contributed by atoms with E-state index in [9.17, 15) is 5.26 Å². The van der Waals surface area contributed by atoms with Crippen LogP contribution in [0.15, 0.2) is 72.8 Å². The van der Waals surface area contributed by atoms with Crippen LogP contribution in [0.5, 0.6) is 0 Å². The van der Waals surface area contributed by atoms with Crippen LogP contribution < -0.4 is 10.4 Å². The second-order valence-corrected chi connectivity index (χ2v) is 14.6. The van der Waals surface area contributed by atoms with Gasteiger partial charge in [0.1, 0.15) is 24.4 Å². The Balaban J connectivity index is 1.71. The van der Waals surface area contributed by atoms with Gasteiger partial charge in [0.05, 0.1) is 18.2 Å². The van der Waals surface area contributed by atoms with E-state index < -0.39 is 20.2 Å². The second-order valence-electron chi connectivity index (χ2n) is 10.3.